The predicted molar refractivity (Wildman–Crippen MR) is 119 cm³/mol. The monoisotopic (exact) mass is 397 g/mol. The van der Waals surface area contributed by atoms with Gasteiger partial charge in [0.2, 0.25) is 0 Å². The van der Waals surface area contributed by atoms with E-state index in [1.807, 2.05) is 26.0 Å². The summed E-state index contributed by atoms with van der Waals surface area (Å²) in [5.74, 6) is 0.883. The predicted octanol–water partition coefficient (Wildman–Crippen LogP) is 3.58. The minimum atomic E-state index is -0.634. The van der Waals surface area contributed by atoms with E-state index < -0.39 is 5.60 Å². The minimum absolute atomic E-state index is 0.459. The van der Waals surface area contributed by atoms with E-state index in [9.17, 15) is 5.11 Å². The average Bonchev–Trinajstić information content (AvgIpc) is 2.69. The highest BCUT2D eigenvalue weighted by Gasteiger charge is 2.27. The summed E-state index contributed by atoms with van der Waals surface area (Å²) < 4.78 is 5.20. The molecule has 3 rings (SSSR count). The van der Waals surface area contributed by atoms with E-state index in [0.29, 0.717) is 6.04 Å². The summed E-state index contributed by atoms with van der Waals surface area (Å²) in [4.78, 5) is 4.90. The summed E-state index contributed by atoms with van der Waals surface area (Å²) in [6, 6.07) is 17.3. The molecule has 1 atom stereocenters. The zero-order chi connectivity index (χ0) is 20.9. The molecule has 1 aliphatic rings. The molecule has 5 heteroatoms. The van der Waals surface area contributed by atoms with Gasteiger partial charge in [-0.2, -0.15) is 0 Å². The van der Waals surface area contributed by atoms with Crippen LogP contribution < -0.4 is 10.1 Å². The van der Waals surface area contributed by atoms with Gasteiger partial charge in [-0.25, -0.2) is 0 Å². The third-order valence-corrected chi connectivity index (χ3v) is 5.46. The summed E-state index contributed by atoms with van der Waals surface area (Å²) in [5, 5.41) is 13.6. The second kappa shape index (κ2) is 9.61. The molecule has 158 valence electrons. The maximum atomic E-state index is 10.1. The first-order chi connectivity index (χ1) is 13.8. The van der Waals surface area contributed by atoms with Crippen molar-refractivity contribution in [3.8, 4) is 5.75 Å². The van der Waals surface area contributed by atoms with Crippen molar-refractivity contribution < 1.29 is 9.84 Å². The molecule has 0 saturated carbocycles. The van der Waals surface area contributed by atoms with Crippen LogP contribution in [0.2, 0.25) is 0 Å². The van der Waals surface area contributed by atoms with Gasteiger partial charge in [-0.1, -0.05) is 24.3 Å². The molecular weight excluding hydrogens is 362 g/mol. The normalized spacial score (nSPS) is 18.6. The van der Waals surface area contributed by atoms with Gasteiger partial charge in [-0.15, -0.1) is 0 Å². The largest absolute Gasteiger partial charge is 0.497 e. The molecule has 29 heavy (non-hydrogen) atoms. The number of ether oxygens (including phenoxy) is 1. The van der Waals surface area contributed by atoms with Gasteiger partial charge < -0.3 is 15.2 Å². The van der Waals surface area contributed by atoms with E-state index >= 15 is 0 Å². The van der Waals surface area contributed by atoms with Crippen LogP contribution in [0.1, 0.15) is 31.9 Å². The maximum absolute atomic E-state index is 10.1. The molecule has 0 aliphatic carbocycles. The van der Waals surface area contributed by atoms with Crippen LogP contribution in [0.3, 0.4) is 0 Å². The Bertz CT molecular complexity index is 753. The third-order valence-electron chi connectivity index (χ3n) is 5.46. The number of rotatable bonds is 8. The van der Waals surface area contributed by atoms with E-state index in [1.165, 1.54) is 11.1 Å². The molecule has 5 nitrogen and oxygen atoms in total. The van der Waals surface area contributed by atoms with E-state index in [-0.39, 0.29) is 0 Å². The van der Waals surface area contributed by atoms with Crippen molar-refractivity contribution in [2.24, 2.45) is 0 Å². The molecule has 0 amide bonds. The number of hydrogen-bond donors (Lipinski definition) is 2. The Morgan fingerprint density at radius 3 is 2.28 bits per heavy atom. The number of hydrogen-bond acceptors (Lipinski definition) is 5. The van der Waals surface area contributed by atoms with Crippen LogP contribution in [-0.2, 0) is 13.1 Å². The number of piperazine rings is 1. The number of nitrogens with zero attached hydrogens (tertiary/aromatic N) is 2. The molecule has 1 fully saturated rings. The second-order valence-corrected chi connectivity index (χ2v) is 8.77. The summed E-state index contributed by atoms with van der Waals surface area (Å²) in [7, 11) is 1.69. The van der Waals surface area contributed by atoms with Crippen molar-refractivity contribution in [1.29, 1.82) is 0 Å². The summed E-state index contributed by atoms with van der Waals surface area (Å²) in [6.45, 7) is 11.6. The molecular formula is C24H35N3O2. The highest BCUT2D eigenvalue weighted by molar-refractivity contribution is 5.45. The van der Waals surface area contributed by atoms with Crippen LogP contribution >= 0.6 is 0 Å². The van der Waals surface area contributed by atoms with Gasteiger partial charge in [0.1, 0.15) is 5.75 Å². The van der Waals surface area contributed by atoms with E-state index in [2.05, 4.69) is 58.4 Å². The lowest BCUT2D eigenvalue weighted by Gasteiger charge is -2.42. The lowest BCUT2D eigenvalue weighted by molar-refractivity contribution is -0.00506. The fourth-order valence-electron chi connectivity index (χ4n) is 3.88. The van der Waals surface area contributed by atoms with Gasteiger partial charge >= 0.3 is 0 Å². The number of nitrogens with one attached hydrogen (secondary N) is 1. The lowest BCUT2D eigenvalue weighted by atomic mass is 10.1. The van der Waals surface area contributed by atoms with Crippen molar-refractivity contribution >= 4 is 5.69 Å². The smallest absolute Gasteiger partial charge is 0.118 e. The highest BCUT2D eigenvalue weighted by atomic mass is 16.5. The second-order valence-electron chi connectivity index (χ2n) is 8.77. The van der Waals surface area contributed by atoms with Crippen LogP contribution in [0.4, 0.5) is 5.69 Å². The zero-order valence-corrected chi connectivity index (χ0v) is 18.2. The van der Waals surface area contributed by atoms with Crippen LogP contribution in [-0.4, -0.2) is 59.8 Å². The first-order valence-electron chi connectivity index (χ1n) is 10.5. The minimum Gasteiger partial charge on any atom is -0.497 e. The molecule has 0 radical (unpaired) electrons. The topological polar surface area (TPSA) is 48.0 Å². The van der Waals surface area contributed by atoms with Crippen molar-refractivity contribution in [2.45, 2.75) is 45.5 Å². The molecule has 2 aromatic rings. The molecule has 0 spiro atoms. The van der Waals surface area contributed by atoms with Crippen molar-refractivity contribution in [3.05, 3.63) is 59.7 Å². The number of anilines is 1. The lowest BCUT2D eigenvalue weighted by Crippen LogP contribution is -2.54. The molecule has 1 aliphatic heterocycles. The summed E-state index contributed by atoms with van der Waals surface area (Å²) in [5.41, 5.74) is 3.06. The van der Waals surface area contributed by atoms with Crippen LogP contribution in [0.5, 0.6) is 5.75 Å². The van der Waals surface area contributed by atoms with Gasteiger partial charge in [0.25, 0.3) is 0 Å². The molecule has 2 N–H and O–H groups in total. The van der Waals surface area contributed by atoms with Crippen molar-refractivity contribution in [1.82, 2.24) is 9.80 Å². The van der Waals surface area contributed by atoms with E-state index in [0.717, 1.165) is 50.7 Å². The molecule has 0 bridgehead atoms. The average molecular weight is 398 g/mol. The molecule has 1 heterocycles. The quantitative estimate of drug-likeness (QED) is 0.713. The van der Waals surface area contributed by atoms with Crippen molar-refractivity contribution in [3.63, 3.8) is 0 Å². The Hall–Kier alpha value is -2.08. The van der Waals surface area contributed by atoms with Gasteiger partial charge in [-0.05, 0) is 56.2 Å². The fourth-order valence-corrected chi connectivity index (χ4v) is 3.88. The Morgan fingerprint density at radius 2 is 1.69 bits per heavy atom. The summed E-state index contributed by atoms with van der Waals surface area (Å²) >= 11 is 0. The van der Waals surface area contributed by atoms with Crippen LogP contribution in [0.25, 0.3) is 0 Å². The maximum Gasteiger partial charge on any atom is 0.118 e. The fraction of sp³-hybridized carbons (Fsp3) is 0.500. The first kappa shape index (κ1) is 21.6. The first-order valence-corrected chi connectivity index (χ1v) is 10.5. The highest BCUT2D eigenvalue weighted by Crippen LogP contribution is 2.18. The van der Waals surface area contributed by atoms with Crippen LogP contribution in [0.15, 0.2) is 48.5 Å². The standard InChI is InChI=1S/C24H35N3O2/c1-19-16-26(13-14-27(19)18-24(2,3)28)17-21-5-9-22(10-6-21)25-15-20-7-11-23(29-4)12-8-20/h5-12,19,25,28H,13-18H2,1-4H3. The number of benzene rings is 2. The Labute approximate surface area is 175 Å². The van der Waals surface area contributed by atoms with Gasteiger partial charge in [0.05, 0.1) is 12.7 Å². The third kappa shape index (κ3) is 6.74. The number of methoxy groups -OCH3 is 1. The SMILES string of the molecule is COc1ccc(CNc2ccc(CN3CCN(CC(C)(C)O)C(C)C3)cc2)cc1. The Morgan fingerprint density at radius 1 is 1.03 bits per heavy atom. The molecule has 1 unspecified atom stereocenters. The van der Waals surface area contributed by atoms with E-state index in [4.69, 9.17) is 4.74 Å². The molecule has 2 aromatic carbocycles. The summed E-state index contributed by atoms with van der Waals surface area (Å²) in [6.07, 6.45) is 0. The van der Waals surface area contributed by atoms with Crippen LogP contribution in [0, 0.1) is 0 Å². The number of β-amino-alcohol motifs (C(OH)–C–C–N with tert-alkyl or cyclic N) is 1. The Kier molecular flexibility index (Phi) is 7.17. The van der Waals surface area contributed by atoms with Gasteiger partial charge in [-0.3, -0.25) is 9.80 Å². The molecule has 1 saturated heterocycles. The van der Waals surface area contributed by atoms with Gasteiger partial charge in [0.15, 0.2) is 0 Å². The van der Waals surface area contributed by atoms with Crippen molar-refractivity contribution in [2.75, 3.05) is 38.6 Å². The molecule has 0 aromatic heterocycles. The number of aliphatic hydroxyl groups is 1. The zero-order valence-electron chi connectivity index (χ0n) is 18.2. The van der Waals surface area contributed by atoms with E-state index in [1.54, 1.807) is 7.11 Å². The Balaban J connectivity index is 1.46. The van der Waals surface area contributed by atoms with Gasteiger partial charge in [0, 0.05) is 51.0 Å².